The number of halogens is 1. The van der Waals surface area contributed by atoms with Crippen LogP contribution in [0.3, 0.4) is 0 Å². The van der Waals surface area contributed by atoms with E-state index in [9.17, 15) is 9.59 Å². The van der Waals surface area contributed by atoms with Gasteiger partial charge in [0.1, 0.15) is 18.1 Å². The monoisotopic (exact) mass is 772 g/mol. The molecule has 0 radical (unpaired) electrons. The van der Waals surface area contributed by atoms with Crippen LogP contribution in [0.5, 0.6) is 11.5 Å². The van der Waals surface area contributed by atoms with Crippen LogP contribution in [0.1, 0.15) is 96.5 Å². The smallest absolute Gasteiger partial charge is 0.497 e. The Hall–Kier alpha value is -3.35. The van der Waals surface area contributed by atoms with Crippen molar-refractivity contribution in [3.63, 3.8) is 0 Å². The molecule has 0 bridgehead atoms. The number of hydrogen-bond donors (Lipinski definition) is 1. The van der Waals surface area contributed by atoms with Gasteiger partial charge in [-0.15, -0.1) is 0 Å². The molecule has 5 rings (SSSR count). The lowest BCUT2D eigenvalue weighted by Crippen LogP contribution is -2.41. The standard InChI is InChI=1S/C21H25BO5.C8H7BrO3.C7H15BO2.2CH4/c1-20(2)21(3,4)27-22(26-20)17-12-11-16(13-18(17)24-5)19(23)25-14-15-9-7-6-8-10-15;1-12-7-4-5(8(10)11)2-3-6(7)9;1-6(2)7(3,4)10-8(5)9-6;;/h6-13H,14H2,1-5H3;2-4H,1H3,(H,10,11);1-5H3;2*1H4. The topological polar surface area (TPSA) is 119 Å². The fourth-order valence-corrected chi connectivity index (χ4v) is 5.15. The van der Waals surface area contributed by atoms with Crippen LogP contribution >= 0.6 is 15.9 Å². The molecule has 0 saturated carbocycles. The van der Waals surface area contributed by atoms with Gasteiger partial charge in [0.15, 0.2) is 0 Å². The van der Waals surface area contributed by atoms with Gasteiger partial charge in [0.05, 0.1) is 52.2 Å². The van der Waals surface area contributed by atoms with Gasteiger partial charge in [-0.1, -0.05) is 51.3 Å². The van der Waals surface area contributed by atoms with E-state index in [1.54, 1.807) is 31.4 Å². The molecule has 0 atom stereocenters. The SMILES string of the molecule is C.C.CB1OC(C)(C)C(C)(C)O1.COc1cc(C(=O)O)ccc1Br.COc1cc(C(=O)OCc2ccccc2)ccc1B1OC(C)(C)C(C)(C)O1. The molecule has 280 valence electrons. The maximum atomic E-state index is 12.4. The van der Waals surface area contributed by atoms with Crippen molar-refractivity contribution >= 4 is 47.6 Å². The fourth-order valence-electron chi connectivity index (χ4n) is 4.74. The van der Waals surface area contributed by atoms with Crippen LogP contribution in [0, 0.1) is 0 Å². The van der Waals surface area contributed by atoms with E-state index in [2.05, 4.69) is 43.6 Å². The Morgan fingerprint density at radius 3 is 1.63 bits per heavy atom. The van der Waals surface area contributed by atoms with Crippen molar-refractivity contribution < 1.29 is 47.5 Å². The molecule has 1 N–H and O–H groups in total. The van der Waals surface area contributed by atoms with Crippen LogP contribution < -0.4 is 14.9 Å². The van der Waals surface area contributed by atoms with E-state index in [0.29, 0.717) is 17.1 Å². The molecule has 0 unspecified atom stereocenters. The summed E-state index contributed by atoms with van der Waals surface area (Å²) in [6.45, 7) is 18.3. The second-order valence-corrected chi connectivity index (χ2v) is 14.4. The van der Waals surface area contributed by atoms with E-state index in [-0.39, 0.29) is 45.3 Å². The van der Waals surface area contributed by atoms with Gasteiger partial charge in [-0.3, -0.25) is 0 Å². The van der Waals surface area contributed by atoms with Crippen molar-refractivity contribution in [2.45, 2.75) is 106 Å². The van der Waals surface area contributed by atoms with Crippen LogP contribution in [-0.4, -0.2) is 67.9 Å². The van der Waals surface area contributed by atoms with Gasteiger partial charge in [-0.25, -0.2) is 9.59 Å². The molecule has 2 heterocycles. The molecule has 2 aliphatic rings. The van der Waals surface area contributed by atoms with Crippen LogP contribution in [0.4, 0.5) is 0 Å². The summed E-state index contributed by atoms with van der Waals surface area (Å²) in [5, 5.41) is 8.62. The summed E-state index contributed by atoms with van der Waals surface area (Å²) < 4.78 is 39.8. The van der Waals surface area contributed by atoms with E-state index in [1.807, 2.05) is 64.8 Å². The zero-order valence-electron chi connectivity index (χ0n) is 30.2. The number of carboxylic acids is 1. The summed E-state index contributed by atoms with van der Waals surface area (Å²) in [5.74, 6) is -0.309. The molecular formula is C38H55B2BrO10. The zero-order chi connectivity index (χ0) is 36.8. The number of aromatic carboxylic acids is 1. The lowest BCUT2D eigenvalue weighted by Gasteiger charge is -2.32. The molecule has 51 heavy (non-hydrogen) atoms. The molecule has 0 aromatic heterocycles. The third-order valence-electron chi connectivity index (χ3n) is 8.96. The third kappa shape index (κ3) is 11.6. The summed E-state index contributed by atoms with van der Waals surface area (Å²) in [7, 11) is 2.43. The van der Waals surface area contributed by atoms with Crippen LogP contribution in [0.15, 0.2) is 71.2 Å². The molecule has 10 nitrogen and oxygen atoms in total. The highest BCUT2D eigenvalue weighted by molar-refractivity contribution is 9.10. The Balaban J connectivity index is 0.000000449. The predicted molar refractivity (Wildman–Crippen MR) is 207 cm³/mol. The maximum Gasteiger partial charge on any atom is 0.498 e. The number of ether oxygens (including phenoxy) is 3. The van der Waals surface area contributed by atoms with Gasteiger partial charge in [-0.05, 0) is 114 Å². The number of benzene rings is 3. The average Bonchev–Trinajstić information content (AvgIpc) is 3.37. The van der Waals surface area contributed by atoms with Crippen LogP contribution in [-0.2, 0) is 30.0 Å². The Bertz CT molecular complexity index is 1560. The molecule has 3 aromatic carbocycles. The first-order valence-electron chi connectivity index (χ1n) is 15.9. The first-order valence-corrected chi connectivity index (χ1v) is 16.7. The fraction of sp³-hybridized carbons (Fsp3) is 0.474. The Morgan fingerprint density at radius 2 is 1.18 bits per heavy atom. The lowest BCUT2D eigenvalue weighted by atomic mass is 9.78. The molecule has 0 spiro atoms. The second-order valence-electron chi connectivity index (χ2n) is 13.6. The number of carboxylic acid groups (broad SMARTS) is 1. The minimum Gasteiger partial charge on any atom is -0.497 e. The van der Waals surface area contributed by atoms with Crippen molar-refractivity contribution in [1.29, 1.82) is 0 Å². The number of hydrogen-bond acceptors (Lipinski definition) is 9. The highest BCUT2D eigenvalue weighted by Crippen LogP contribution is 2.38. The molecule has 2 saturated heterocycles. The quantitative estimate of drug-likeness (QED) is 0.185. The first-order chi connectivity index (χ1) is 22.7. The number of rotatable bonds is 7. The molecule has 0 amide bonds. The minimum atomic E-state index is -0.958. The van der Waals surface area contributed by atoms with E-state index in [1.165, 1.54) is 19.2 Å². The van der Waals surface area contributed by atoms with E-state index in [0.717, 1.165) is 15.5 Å². The molecule has 3 aromatic rings. The largest absolute Gasteiger partial charge is 0.498 e. The minimum absolute atomic E-state index is 0. The number of carbonyl (C=O) groups excluding carboxylic acids is 1. The summed E-state index contributed by atoms with van der Waals surface area (Å²) in [6, 6.07) is 19.3. The van der Waals surface area contributed by atoms with Gasteiger partial charge in [-0.2, -0.15) is 0 Å². The lowest BCUT2D eigenvalue weighted by molar-refractivity contribution is 0.00578. The Labute approximate surface area is 313 Å². The number of carbonyl (C=O) groups is 2. The summed E-state index contributed by atoms with van der Waals surface area (Å²) >= 11 is 3.22. The summed E-state index contributed by atoms with van der Waals surface area (Å²) in [6.07, 6.45) is 0. The summed E-state index contributed by atoms with van der Waals surface area (Å²) in [5.41, 5.74) is 1.10. The van der Waals surface area contributed by atoms with Crippen molar-refractivity contribution in [3.05, 3.63) is 87.9 Å². The Kier molecular flexibility index (Phi) is 16.5. The second kappa shape index (κ2) is 18.4. The molecule has 2 aliphatic heterocycles. The van der Waals surface area contributed by atoms with Gasteiger partial charge in [0.2, 0.25) is 0 Å². The van der Waals surface area contributed by atoms with Gasteiger partial charge < -0.3 is 37.9 Å². The maximum absolute atomic E-state index is 12.4. The summed E-state index contributed by atoms with van der Waals surface area (Å²) in [4.78, 5) is 22.9. The van der Waals surface area contributed by atoms with Crippen molar-refractivity contribution in [3.8, 4) is 11.5 Å². The molecular weight excluding hydrogens is 718 g/mol. The van der Waals surface area contributed by atoms with Crippen molar-refractivity contribution in [2.24, 2.45) is 0 Å². The van der Waals surface area contributed by atoms with Crippen LogP contribution in [0.25, 0.3) is 0 Å². The number of methoxy groups -OCH3 is 2. The van der Waals surface area contributed by atoms with Crippen molar-refractivity contribution in [1.82, 2.24) is 0 Å². The van der Waals surface area contributed by atoms with Crippen LogP contribution in [0.2, 0.25) is 6.82 Å². The molecule has 2 fully saturated rings. The van der Waals surface area contributed by atoms with E-state index < -0.39 is 30.3 Å². The van der Waals surface area contributed by atoms with Gasteiger partial charge >= 0.3 is 26.2 Å². The molecule has 13 heteroatoms. The van der Waals surface area contributed by atoms with Crippen molar-refractivity contribution in [2.75, 3.05) is 14.2 Å². The third-order valence-corrected chi connectivity index (χ3v) is 9.61. The number of esters is 1. The van der Waals surface area contributed by atoms with Gasteiger partial charge in [0, 0.05) is 5.46 Å². The average molecular weight is 773 g/mol. The highest BCUT2D eigenvalue weighted by Gasteiger charge is 2.52. The normalized spacial score (nSPS) is 17.3. The Morgan fingerprint density at radius 1 is 0.706 bits per heavy atom. The highest BCUT2D eigenvalue weighted by atomic mass is 79.9. The first kappa shape index (κ1) is 45.7. The predicted octanol–water partition coefficient (Wildman–Crippen LogP) is 8.49. The molecule has 0 aliphatic carbocycles. The zero-order valence-corrected chi connectivity index (χ0v) is 31.8. The van der Waals surface area contributed by atoms with E-state index in [4.69, 9.17) is 37.9 Å². The van der Waals surface area contributed by atoms with E-state index >= 15 is 0 Å². The van der Waals surface area contributed by atoms with Gasteiger partial charge in [0.25, 0.3) is 0 Å².